The van der Waals surface area contributed by atoms with E-state index < -0.39 is 0 Å². The Labute approximate surface area is 139 Å². The molecule has 0 aliphatic heterocycles. The molecule has 7 heteroatoms. The summed E-state index contributed by atoms with van der Waals surface area (Å²) in [7, 11) is 1.61. The van der Waals surface area contributed by atoms with Crippen molar-refractivity contribution in [3.05, 3.63) is 37.3 Å². The summed E-state index contributed by atoms with van der Waals surface area (Å²) >= 11 is 8.78. The molecular weight excluding hydrogens is 406 g/mol. The Morgan fingerprint density at radius 2 is 2.10 bits per heavy atom. The highest BCUT2D eigenvalue weighted by molar-refractivity contribution is 9.12. The Bertz CT molecular complexity index is 576. The zero-order chi connectivity index (χ0) is 14.5. The number of nitrogens with zero attached hydrogens (tertiary/aromatic N) is 2. The summed E-state index contributed by atoms with van der Waals surface area (Å²) < 4.78 is 7.49. The number of halogens is 2. The van der Waals surface area contributed by atoms with Crippen LogP contribution in [0.5, 0.6) is 5.88 Å². The lowest BCUT2D eigenvalue weighted by molar-refractivity contribution is 0.382. The zero-order valence-electron chi connectivity index (χ0n) is 11.2. The molecule has 108 valence electrons. The first-order valence-electron chi connectivity index (χ1n) is 6.20. The highest BCUT2D eigenvalue weighted by atomic mass is 79.9. The molecule has 2 heterocycles. The summed E-state index contributed by atoms with van der Waals surface area (Å²) in [4.78, 5) is 8.69. The van der Waals surface area contributed by atoms with Crippen molar-refractivity contribution in [2.24, 2.45) is 0 Å². The van der Waals surface area contributed by atoms with E-state index in [0.717, 1.165) is 31.8 Å². The first-order valence-corrected chi connectivity index (χ1v) is 8.60. The van der Waals surface area contributed by atoms with Crippen molar-refractivity contribution in [2.75, 3.05) is 13.7 Å². The van der Waals surface area contributed by atoms with E-state index in [1.807, 2.05) is 0 Å². The molecule has 2 aromatic heterocycles. The van der Waals surface area contributed by atoms with Crippen LogP contribution in [0.15, 0.2) is 26.0 Å². The number of ether oxygens (including phenoxy) is 1. The second kappa shape index (κ2) is 7.49. The predicted octanol–water partition coefficient (Wildman–Crippen LogP) is 4.16. The molecule has 0 fully saturated rings. The molecule has 2 rings (SSSR count). The van der Waals surface area contributed by atoms with Crippen LogP contribution in [-0.2, 0) is 0 Å². The molecule has 0 spiro atoms. The number of hydrogen-bond acceptors (Lipinski definition) is 5. The molecule has 0 aliphatic rings. The van der Waals surface area contributed by atoms with Crippen molar-refractivity contribution < 1.29 is 4.74 Å². The van der Waals surface area contributed by atoms with Gasteiger partial charge in [-0.3, -0.25) is 4.98 Å². The number of nitrogens with one attached hydrogen (secondary N) is 1. The van der Waals surface area contributed by atoms with Crippen LogP contribution in [0.25, 0.3) is 0 Å². The fraction of sp³-hybridized carbons (Fsp3) is 0.385. The molecule has 0 aliphatic carbocycles. The smallest absolute Gasteiger partial charge is 0.237 e. The minimum Gasteiger partial charge on any atom is -0.480 e. The second-order valence-corrected chi connectivity index (χ2v) is 7.87. The van der Waals surface area contributed by atoms with Crippen LogP contribution in [0.4, 0.5) is 0 Å². The highest BCUT2D eigenvalue weighted by Gasteiger charge is 2.23. The molecule has 0 radical (unpaired) electrons. The minimum absolute atomic E-state index is 0.0458. The predicted molar refractivity (Wildman–Crippen MR) is 88.4 cm³/mol. The number of rotatable bonds is 6. The third kappa shape index (κ3) is 3.58. The fourth-order valence-corrected chi connectivity index (χ4v) is 4.79. The number of aromatic nitrogens is 2. The van der Waals surface area contributed by atoms with Crippen molar-refractivity contribution >= 4 is 43.2 Å². The number of thiophene rings is 1. The largest absolute Gasteiger partial charge is 0.480 e. The second-order valence-electron chi connectivity index (χ2n) is 4.12. The highest BCUT2D eigenvalue weighted by Crippen LogP contribution is 2.38. The first-order chi connectivity index (χ1) is 9.67. The molecule has 1 unspecified atom stereocenters. The van der Waals surface area contributed by atoms with Crippen molar-refractivity contribution in [3.63, 3.8) is 0 Å². The minimum atomic E-state index is -0.0458. The van der Waals surface area contributed by atoms with Crippen LogP contribution in [-0.4, -0.2) is 23.6 Å². The lowest BCUT2D eigenvalue weighted by atomic mass is 10.1. The first kappa shape index (κ1) is 15.9. The van der Waals surface area contributed by atoms with Gasteiger partial charge in [0.2, 0.25) is 5.88 Å². The van der Waals surface area contributed by atoms with E-state index in [4.69, 9.17) is 4.74 Å². The maximum Gasteiger partial charge on any atom is 0.237 e. The van der Waals surface area contributed by atoms with Gasteiger partial charge in [0.1, 0.15) is 5.69 Å². The van der Waals surface area contributed by atoms with Crippen molar-refractivity contribution in [3.8, 4) is 5.88 Å². The topological polar surface area (TPSA) is 47.0 Å². The Kier molecular flexibility index (Phi) is 5.95. The van der Waals surface area contributed by atoms with Crippen LogP contribution >= 0.6 is 43.2 Å². The van der Waals surface area contributed by atoms with Gasteiger partial charge in [-0.15, -0.1) is 11.3 Å². The molecule has 0 amide bonds. The van der Waals surface area contributed by atoms with Gasteiger partial charge in [0.15, 0.2) is 0 Å². The van der Waals surface area contributed by atoms with Gasteiger partial charge in [0.05, 0.1) is 20.7 Å². The average Bonchev–Trinajstić information content (AvgIpc) is 2.79. The van der Waals surface area contributed by atoms with E-state index in [2.05, 4.69) is 60.1 Å². The van der Waals surface area contributed by atoms with Gasteiger partial charge in [-0.25, -0.2) is 4.98 Å². The third-order valence-corrected chi connectivity index (χ3v) is 5.14. The summed E-state index contributed by atoms with van der Waals surface area (Å²) in [5, 5.41) is 3.50. The normalized spacial score (nSPS) is 12.4. The van der Waals surface area contributed by atoms with Crippen molar-refractivity contribution in [1.29, 1.82) is 0 Å². The lowest BCUT2D eigenvalue weighted by Crippen LogP contribution is -2.24. The third-order valence-electron chi connectivity index (χ3n) is 2.75. The van der Waals surface area contributed by atoms with Crippen molar-refractivity contribution in [1.82, 2.24) is 15.3 Å². The molecule has 0 bridgehead atoms. The fourth-order valence-electron chi connectivity index (χ4n) is 1.88. The monoisotopic (exact) mass is 419 g/mol. The Morgan fingerprint density at radius 1 is 1.35 bits per heavy atom. The maximum atomic E-state index is 5.34. The van der Waals surface area contributed by atoms with Crippen LogP contribution < -0.4 is 10.1 Å². The molecule has 0 saturated heterocycles. The van der Waals surface area contributed by atoms with Crippen LogP contribution in [0.3, 0.4) is 0 Å². The van der Waals surface area contributed by atoms with E-state index in [1.165, 1.54) is 0 Å². The number of hydrogen-bond donors (Lipinski definition) is 1. The van der Waals surface area contributed by atoms with Crippen LogP contribution in [0, 0.1) is 0 Å². The van der Waals surface area contributed by atoms with E-state index in [0.29, 0.717) is 5.88 Å². The molecule has 20 heavy (non-hydrogen) atoms. The van der Waals surface area contributed by atoms with Crippen LogP contribution in [0.1, 0.15) is 30.6 Å². The standard InChI is InChI=1S/C13H15Br2N3OS/c1-3-4-16-10(8-7-9(14)20-12(8)15)11-13(19-2)18-6-5-17-11/h5-7,10,16H,3-4H2,1-2H3. The quantitative estimate of drug-likeness (QED) is 0.761. The molecule has 0 aromatic carbocycles. The zero-order valence-corrected chi connectivity index (χ0v) is 15.2. The van der Waals surface area contributed by atoms with Gasteiger partial charge < -0.3 is 10.1 Å². The Morgan fingerprint density at radius 3 is 2.70 bits per heavy atom. The lowest BCUT2D eigenvalue weighted by Gasteiger charge is -2.19. The van der Waals surface area contributed by atoms with Gasteiger partial charge in [-0.1, -0.05) is 6.92 Å². The van der Waals surface area contributed by atoms with Gasteiger partial charge >= 0.3 is 0 Å². The van der Waals surface area contributed by atoms with E-state index >= 15 is 0 Å². The summed E-state index contributed by atoms with van der Waals surface area (Å²) in [6.45, 7) is 3.03. The van der Waals surface area contributed by atoms with E-state index in [9.17, 15) is 0 Å². The molecule has 1 N–H and O–H groups in total. The van der Waals surface area contributed by atoms with Gasteiger partial charge in [-0.05, 0) is 50.9 Å². The Balaban J connectivity index is 2.44. The molecular formula is C13H15Br2N3OS. The SMILES string of the molecule is CCCNC(c1cc(Br)sc1Br)c1nccnc1OC. The van der Waals surface area contributed by atoms with E-state index in [1.54, 1.807) is 30.8 Å². The number of methoxy groups -OCH3 is 1. The summed E-state index contributed by atoms with van der Waals surface area (Å²) in [6, 6.07) is 2.05. The van der Waals surface area contributed by atoms with E-state index in [-0.39, 0.29) is 6.04 Å². The average molecular weight is 421 g/mol. The van der Waals surface area contributed by atoms with Crippen LogP contribution in [0.2, 0.25) is 0 Å². The van der Waals surface area contributed by atoms with Gasteiger partial charge in [-0.2, -0.15) is 0 Å². The van der Waals surface area contributed by atoms with Crippen molar-refractivity contribution in [2.45, 2.75) is 19.4 Å². The molecule has 2 aromatic rings. The van der Waals surface area contributed by atoms with Gasteiger partial charge in [0, 0.05) is 18.0 Å². The molecule has 0 saturated carbocycles. The summed E-state index contributed by atoms with van der Waals surface area (Å²) in [5.74, 6) is 0.551. The Hall–Kier alpha value is -0.500. The summed E-state index contributed by atoms with van der Waals surface area (Å²) in [6.07, 6.45) is 4.37. The maximum absolute atomic E-state index is 5.34. The van der Waals surface area contributed by atoms with Gasteiger partial charge in [0.25, 0.3) is 0 Å². The molecule has 1 atom stereocenters. The molecule has 4 nitrogen and oxygen atoms in total. The summed E-state index contributed by atoms with van der Waals surface area (Å²) in [5.41, 5.74) is 1.93.